The maximum Gasteiger partial charge on any atom is 0.317 e. The van der Waals surface area contributed by atoms with Gasteiger partial charge in [0.05, 0.1) is 11.2 Å². The molecule has 0 spiro atoms. The Morgan fingerprint density at radius 1 is 1.19 bits per heavy atom. The van der Waals surface area contributed by atoms with Crippen LogP contribution in [0.3, 0.4) is 0 Å². The molecule has 1 amide bonds. The number of hydrogen-bond donors (Lipinski definition) is 1. The number of carbonyl (C=O) groups excluding carboxylic acids is 1. The van der Waals surface area contributed by atoms with Crippen LogP contribution in [0.1, 0.15) is 17.0 Å². The van der Waals surface area contributed by atoms with Crippen LogP contribution in [0.4, 0.5) is 0 Å². The number of aryl methyl sites for hydroxylation is 3. The monoisotopic (exact) mass is 356 g/mol. The second-order valence-corrected chi connectivity index (χ2v) is 6.15. The summed E-state index contributed by atoms with van der Waals surface area (Å²) < 4.78 is 4.10. The Labute approximate surface area is 148 Å². The minimum atomic E-state index is -0.753. The molecule has 136 valence electrons. The van der Waals surface area contributed by atoms with Crippen LogP contribution < -0.4 is 16.4 Å². The van der Waals surface area contributed by atoms with Crippen LogP contribution in [0.15, 0.2) is 27.9 Å². The maximum atomic E-state index is 12.4. The molecule has 26 heavy (non-hydrogen) atoms. The maximum absolute atomic E-state index is 12.4. The van der Waals surface area contributed by atoms with Gasteiger partial charge in [0.1, 0.15) is 6.54 Å². The fraction of sp³-hybridized carbons (Fsp3) is 0.353. The van der Waals surface area contributed by atoms with Gasteiger partial charge in [0.25, 0.3) is 0 Å². The Morgan fingerprint density at radius 2 is 1.92 bits per heavy atom. The summed E-state index contributed by atoms with van der Waals surface area (Å²) in [5.41, 5.74) is 2.05. The summed E-state index contributed by atoms with van der Waals surface area (Å²) in [6.07, 6.45) is 1.53. The lowest BCUT2D eigenvalue weighted by Crippen LogP contribution is -2.43. The summed E-state index contributed by atoms with van der Waals surface area (Å²) in [5.74, 6) is -0.367. The lowest BCUT2D eigenvalue weighted by atomic mass is 10.2. The average molecular weight is 356 g/mol. The van der Waals surface area contributed by atoms with Crippen molar-refractivity contribution in [2.75, 3.05) is 0 Å². The second kappa shape index (κ2) is 6.58. The van der Waals surface area contributed by atoms with Crippen molar-refractivity contribution in [3.8, 4) is 0 Å². The molecule has 1 N–H and O–H groups in total. The van der Waals surface area contributed by atoms with Gasteiger partial charge in [-0.3, -0.25) is 28.2 Å². The summed E-state index contributed by atoms with van der Waals surface area (Å²) in [7, 11) is 3.32. The van der Waals surface area contributed by atoms with E-state index in [1.54, 1.807) is 16.8 Å². The standard InChI is InChI=1S/C17H20N6O3/c1-10-12(11(2)22(4)20-10)8-19-14(24)9-23-13-6-5-7-18-15(13)21(3)16(25)17(23)26/h5-7H,8-9H2,1-4H3,(H,19,24). The van der Waals surface area contributed by atoms with E-state index in [1.165, 1.54) is 17.8 Å². The molecule has 0 saturated heterocycles. The fourth-order valence-corrected chi connectivity index (χ4v) is 2.94. The molecule has 3 aromatic rings. The highest BCUT2D eigenvalue weighted by molar-refractivity contribution is 5.78. The summed E-state index contributed by atoms with van der Waals surface area (Å²) in [6, 6.07) is 3.31. The molecule has 9 nitrogen and oxygen atoms in total. The van der Waals surface area contributed by atoms with Crippen LogP contribution in [0.2, 0.25) is 0 Å². The van der Waals surface area contributed by atoms with Gasteiger partial charge in [0.2, 0.25) is 5.91 Å². The van der Waals surface area contributed by atoms with E-state index in [9.17, 15) is 14.4 Å². The van der Waals surface area contributed by atoms with E-state index < -0.39 is 11.1 Å². The number of hydrogen-bond acceptors (Lipinski definition) is 5. The molecule has 0 aliphatic carbocycles. The van der Waals surface area contributed by atoms with E-state index in [0.29, 0.717) is 17.7 Å². The molecule has 0 bridgehead atoms. The number of aromatic nitrogens is 5. The molecule has 3 aromatic heterocycles. The molecular weight excluding hydrogens is 336 g/mol. The molecule has 0 aliphatic heterocycles. The van der Waals surface area contributed by atoms with Crippen molar-refractivity contribution < 1.29 is 4.79 Å². The highest BCUT2D eigenvalue weighted by atomic mass is 16.2. The number of fused-ring (bicyclic) bond motifs is 1. The van der Waals surface area contributed by atoms with Crippen molar-refractivity contribution in [3.05, 3.63) is 56.0 Å². The van der Waals surface area contributed by atoms with Gasteiger partial charge in [0.15, 0.2) is 5.65 Å². The van der Waals surface area contributed by atoms with Crippen molar-refractivity contribution in [2.24, 2.45) is 14.1 Å². The first kappa shape index (κ1) is 17.6. The normalized spacial score (nSPS) is 11.1. The second-order valence-electron chi connectivity index (χ2n) is 6.15. The summed E-state index contributed by atoms with van der Waals surface area (Å²) in [6.45, 7) is 3.85. The topological polar surface area (TPSA) is 104 Å². The van der Waals surface area contributed by atoms with Crippen molar-refractivity contribution >= 4 is 17.1 Å². The Hall–Kier alpha value is -3.23. The van der Waals surface area contributed by atoms with Crippen LogP contribution >= 0.6 is 0 Å². The van der Waals surface area contributed by atoms with E-state index in [4.69, 9.17) is 0 Å². The predicted octanol–water partition coefficient (Wildman–Crippen LogP) is -0.238. The summed E-state index contributed by atoms with van der Waals surface area (Å²) >= 11 is 0. The molecule has 3 rings (SSSR count). The molecule has 0 aliphatic rings. The summed E-state index contributed by atoms with van der Waals surface area (Å²) in [5, 5.41) is 7.09. The van der Waals surface area contributed by atoms with Crippen molar-refractivity contribution in [1.29, 1.82) is 0 Å². The van der Waals surface area contributed by atoms with Gasteiger partial charge in [-0.2, -0.15) is 5.10 Å². The van der Waals surface area contributed by atoms with E-state index in [-0.39, 0.29) is 12.5 Å². The fourth-order valence-electron chi connectivity index (χ4n) is 2.94. The van der Waals surface area contributed by atoms with Crippen molar-refractivity contribution in [2.45, 2.75) is 26.9 Å². The molecule has 3 heterocycles. The number of nitrogens with one attached hydrogen (secondary N) is 1. The van der Waals surface area contributed by atoms with Gasteiger partial charge in [-0.25, -0.2) is 4.98 Å². The largest absolute Gasteiger partial charge is 0.350 e. The van der Waals surface area contributed by atoms with E-state index in [2.05, 4.69) is 15.4 Å². The zero-order valence-corrected chi connectivity index (χ0v) is 15.1. The number of rotatable bonds is 4. The van der Waals surface area contributed by atoms with E-state index >= 15 is 0 Å². The predicted molar refractivity (Wildman–Crippen MR) is 95.8 cm³/mol. The Kier molecular flexibility index (Phi) is 4.45. The highest BCUT2D eigenvalue weighted by Crippen LogP contribution is 2.11. The summed E-state index contributed by atoms with van der Waals surface area (Å²) in [4.78, 5) is 40.9. The molecule has 9 heteroatoms. The molecule has 0 unspecified atom stereocenters. The zero-order valence-electron chi connectivity index (χ0n) is 15.1. The molecule has 0 atom stereocenters. The highest BCUT2D eigenvalue weighted by Gasteiger charge is 2.15. The van der Waals surface area contributed by atoms with Gasteiger partial charge in [-0.1, -0.05) is 0 Å². The molecule has 0 aromatic carbocycles. The minimum Gasteiger partial charge on any atom is -0.350 e. The number of pyridine rings is 1. The first-order valence-electron chi connectivity index (χ1n) is 8.11. The van der Waals surface area contributed by atoms with Crippen molar-refractivity contribution in [1.82, 2.24) is 29.2 Å². The minimum absolute atomic E-state index is 0.254. The smallest absolute Gasteiger partial charge is 0.317 e. The Balaban J connectivity index is 1.88. The lowest BCUT2D eigenvalue weighted by Gasteiger charge is -2.12. The molecule has 0 radical (unpaired) electrons. The van der Waals surface area contributed by atoms with Crippen LogP contribution in [0.5, 0.6) is 0 Å². The number of carbonyl (C=O) groups is 1. The SMILES string of the molecule is Cc1nn(C)c(C)c1CNC(=O)Cn1c(=O)c(=O)n(C)c2ncccc21. The van der Waals surface area contributed by atoms with Crippen molar-refractivity contribution in [3.63, 3.8) is 0 Å². The lowest BCUT2D eigenvalue weighted by molar-refractivity contribution is -0.121. The Bertz CT molecular complexity index is 1120. The molecule has 0 saturated carbocycles. The van der Waals surface area contributed by atoms with Gasteiger partial charge < -0.3 is 5.32 Å². The zero-order chi connectivity index (χ0) is 19.0. The van der Waals surface area contributed by atoms with Crippen LogP contribution in [-0.2, 0) is 32.0 Å². The third-order valence-corrected chi connectivity index (χ3v) is 4.53. The van der Waals surface area contributed by atoms with Gasteiger partial charge >= 0.3 is 11.1 Å². The van der Waals surface area contributed by atoms with Crippen LogP contribution in [0.25, 0.3) is 11.2 Å². The molecule has 0 fully saturated rings. The van der Waals surface area contributed by atoms with Crippen LogP contribution in [-0.4, -0.2) is 29.8 Å². The third kappa shape index (κ3) is 2.92. The first-order chi connectivity index (χ1) is 12.3. The van der Waals surface area contributed by atoms with E-state index in [1.807, 2.05) is 20.9 Å². The number of amides is 1. The van der Waals surface area contributed by atoms with Gasteiger partial charge in [0, 0.05) is 38.1 Å². The Morgan fingerprint density at radius 3 is 2.58 bits per heavy atom. The van der Waals surface area contributed by atoms with Gasteiger partial charge in [-0.05, 0) is 26.0 Å². The van der Waals surface area contributed by atoms with Gasteiger partial charge in [-0.15, -0.1) is 0 Å². The first-order valence-corrected chi connectivity index (χ1v) is 8.11. The van der Waals surface area contributed by atoms with E-state index in [0.717, 1.165) is 21.5 Å². The van der Waals surface area contributed by atoms with Crippen LogP contribution in [0, 0.1) is 13.8 Å². The molecular formula is C17H20N6O3. The quantitative estimate of drug-likeness (QED) is 0.650. The average Bonchev–Trinajstić information content (AvgIpc) is 2.87. The number of nitrogens with zero attached hydrogens (tertiary/aromatic N) is 5. The third-order valence-electron chi connectivity index (χ3n) is 4.53.